The molecular formula is C14H20. The first-order valence-electron chi connectivity index (χ1n) is 5.61. The van der Waals surface area contributed by atoms with Gasteiger partial charge in [-0.15, -0.1) is 0 Å². The Bertz CT molecular complexity index is 269. The number of hydrogen-bond donors (Lipinski definition) is 0. The van der Waals surface area contributed by atoms with Gasteiger partial charge in [0.1, 0.15) is 0 Å². The topological polar surface area (TPSA) is 0 Å². The molecule has 0 N–H and O–H groups in total. The van der Waals surface area contributed by atoms with Crippen LogP contribution in [0.1, 0.15) is 45.1 Å². The second-order valence-corrected chi connectivity index (χ2v) is 3.67. The molecule has 0 aliphatic carbocycles. The molecular weight excluding hydrogens is 168 g/mol. The van der Waals surface area contributed by atoms with Gasteiger partial charge in [0, 0.05) is 0 Å². The Balaban J connectivity index is 2.64. The number of unbranched alkanes of at least 4 members (excludes halogenated alkanes) is 1. The summed E-state index contributed by atoms with van der Waals surface area (Å²) in [5.74, 6) is 0. The summed E-state index contributed by atoms with van der Waals surface area (Å²) in [5.41, 5.74) is 2.90. The summed E-state index contributed by atoms with van der Waals surface area (Å²) in [6, 6.07) is 10.6. The van der Waals surface area contributed by atoms with E-state index < -0.39 is 0 Å². The molecule has 1 aromatic rings. The van der Waals surface area contributed by atoms with Gasteiger partial charge in [-0.3, -0.25) is 0 Å². The molecule has 14 heavy (non-hydrogen) atoms. The summed E-state index contributed by atoms with van der Waals surface area (Å²) in [7, 11) is 0. The van der Waals surface area contributed by atoms with Gasteiger partial charge in [0.05, 0.1) is 0 Å². The van der Waals surface area contributed by atoms with Crippen molar-refractivity contribution in [1.82, 2.24) is 0 Å². The lowest BCUT2D eigenvalue weighted by Gasteiger charge is -2.03. The molecule has 0 fully saturated rings. The van der Waals surface area contributed by atoms with Crippen LogP contribution in [0.5, 0.6) is 0 Å². The molecule has 0 amide bonds. The first kappa shape index (κ1) is 11.0. The molecule has 0 saturated heterocycles. The molecule has 0 spiro atoms. The molecule has 1 aromatic carbocycles. The van der Waals surface area contributed by atoms with Gasteiger partial charge in [-0.05, 0) is 24.8 Å². The predicted molar refractivity (Wildman–Crippen MR) is 64.2 cm³/mol. The molecule has 0 aliphatic rings. The third-order valence-electron chi connectivity index (χ3n) is 2.48. The maximum atomic E-state index is 2.33. The van der Waals surface area contributed by atoms with Crippen molar-refractivity contribution >= 4 is 6.08 Å². The van der Waals surface area contributed by atoms with Crippen LogP contribution < -0.4 is 0 Å². The summed E-state index contributed by atoms with van der Waals surface area (Å²) in [6.07, 6.45) is 7.35. The highest BCUT2D eigenvalue weighted by Crippen LogP contribution is 2.15. The van der Waals surface area contributed by atoms with E-state index in [9.17, 15) is 0 Å². The summed E-state index contributed by atoms with van der Waals surface area (Å²) >= 11 is 0. The molecule has 0 nitrogen and oxygen atoms in total. The van der Waals surface area contributed by atoms with E-state index in [1.54, 1.807) is 5.57 Å². The number of hydrogen-bond acceptors (Lipinski definition) is 0. The lowest BCUT2D eigenvalue weighted by atomic mass is 10.0. The van der Waals surface area contributed by atoms with Crippen LogP contribution >= 0.6 is 0 Å². The van der Waals surface area contributed by atoms with Gasteiger partial charge in [0.15, 0.2) is 0 Å². The van der Waals surface area contributed by atoms with E-state index >= 15 is 0 Å². The van der Waals surface area contributed by atoms with Gasteiger partial charge in [0.25, 0.3) is 0 Å². The van der Waals surface area contributed by atoms with Crippen LogP contribution in [0.4, 0.5) is 0 Å². The SMILES string of the molecule is CCCC/C(=C/c1ccccc1)CC. The van der Waals surface area contributed by atoms with Crippen molar-refractivity contribution in [3.8, 4) is 0 Å². The summed E-state index contributed by atoms with van der Waals surface area (Å²) in [4.78, 5) is 0. The van der Waals surface area contributed by atoms with Gasteiger partial charge in [-0.2, -0.15) is 0 Å². The van der Waals surface area contributed by atoms with Crippen LogP contribution in [-0.2, 0) is 0 Å². The van der Waals surface area contributed by atoms with Crippen LogP contribution in [0.15, 0.2) is 35.9 Å². The highest BCUT2D eigenvalue weighted by Gasteiger charge is 1.94. The largest absolute Gasteiger partial charge is 0.0699 e. The van der Waals surface area contributed by atoms with Gasteiger partial charge < -0.3 is 0 Å². The molecule has 0 unspecified atom stereocenters. The van der Waals surface area contributed by atoms with Crippen LogP contribution in [-0.4, -0.2) is 0 Å². The fraction of sp³-hybridized carbons (Fsp3) is 0.429. The molecule has 0 aliphatic heterocycles. The Hall–Kier alpha value is -1.04. The van der Waals surface area contributed by atoms with Crippen molar-refractivity contribution < 1.29 is 0 Å². The van der Waals surface area contributed by atoms with Crippen molar-refractivity contribution in [3.63, 3.8) is 0 Å². The summed E-state index contributed by atoms with van der Waals surface area (Å²) < 4.78 is 0. The van der Waals surface area contributed by atoms with E-state index in [0.29, 0.717) is 0 Å². The van der Waals surface area contributed by atoms with Crippen molar-refractivity contribution in [1.29, 1.82) is 0 Å². The van der Waals surface area contributed by atoms with Gasteiger partial charge in [-0.25, -0.2) is 0 Å². The van der Waals surface area contributed by atoms with Gasteiger partial charge >= 0.3 is 0 Å². The maximum Gasteiger partial charge on any atom is -0.0257 e. The Kier molecular flexibility index (Phi) is 5.06. The Labute approximate surface area is 87.7 Å². The second-order valence-electron chi connectivity index (χ2n) is 3.67. The van der Waals surface area contributed by atoms with E-state index in [2.05, 4.69) is 50.3 Å². The van der Waals surface area contributed by atoms with E-state index in [1.807, 2.05) is 0 Å². The molecule has 76 valence electrons. The van der Waals surface area contributed by atoms with Crippen molar-refractivity contribution in [2.24, 2.45) is 0 Å². The van der Waals surface area contributed by atoms with Gasteiger partial charge in [-0.1, -0.05) is 62.2 Å². The van der Waals surface area contributed by atoms with E-state index in [-0.39, 0.29) is 0 Å². The molecule has 0 atom stereocenters. The first-order valence-corrected chi connectivity index (χ1v) is 5.61. The van der Waals surface area contributed by atoms with E-state index in [4.69, 9.17) is 0 Å². The molecule has 1 rings (SSSR count). The Morgan fingerprint density at radius 3 is 2.43 bits per heavy atom. The second kappa shape index (κ2) is 6.42. The highest BCUT2D eigenvalue weighted by molar-refractivity contribution is 5.52. The zero-order chi connectivity index (χ0) is 10.2. The number of benzene rings is 1. The third kappa shape index (κ3) is 3.78. The van der Waals surface area contributed by atoms with E-state index in [0.717, 1.165) is 0 Å². The third-order valence-corrected chi connectivity index (χ3v) is 2.48. The molecule has 0 saturated carbocycles. The number of allylic oxidation sites excluding steroid dienone is 1. The van der Waals surface area contributed by atoms with Crippen LogP contribution in [0.3, 0.4) is 0 Å². The van der Waals surface area contributed by atoms with Crippen molar-refractivity contribution in [3.05, 3.63) is 41.5 Å². The standard InChI is InChI=1S/C14H20/c1-3-5-9-13(4-2)12-14-10-7-6-8-11-14/h6-8,10-12H,3-5,9H2,1-2H3/b13-12+. The summed E-state index contributed by atoms with van der Waals surface area (Å²) in [6.45, 7) is 4.49. The predicted octanol–water partition coefficient (Wildman–Crippen LogP) is 4.67. The maximum absolute atomic E-state index is 2.33. The molecule has 0 bridgehead atoms. The fourth-order valence-corrected chi connectivity index (χ4v) is 1.54. The quantitative estimate of drug-likeness (QED) is 0.630. The molecule has 0 heterocycles. The van der Waals surface area contributed by atoms with Crippen LogP contribution in [0.2, 0.25) is 0 Å². The van der Waals surface area contributed by atoms with Crippen molar-refractivity contribution in [2.75, 3.05) is 0 Å². The molecule has 0 aromatic heterocycles. The Morgan fingerprint density at radius 2 is 1.86 bits per heavy atom. The minimum atomic E-state index is 1.18. The van der Waals surface area contributed by atoms with Crippen LogP contribution in [0, 0.1) is 0 Å². The smallest absolute Gasteiger partial charge is 0.0257 e. The van der Waals surface area contributed by atoms with Gasteiger partial charge in [0.2, 0.25) is 0 Å². The minimum Gasteiger partial charge on any atom is -0.0699 e. The molecule has 0 heteroatoms. The normalized spacial score (nSPS) is 11.7. The average Bonchev–Trinajstić information content (AvgIpc) is 2.25. The number of rotatable bonds is 5. The zero-order valence-electron chi connectivity index (χ0n) is 9.29. The first-order chi connectivity index (χ1) is 6.86. The average molecular weight is 188 g/mol. The minimum absolute atomic E-state index is 1.18. The fourth-order valence-electron chi connectivity index (χ4n) is 1.54. The lowest BCUT2D eigenvalue weighted by Crippen LogP contribution is -1.82. The van der Waals surface area contributed by atoms with Crippen molar-refractivity contribution in [2.45, 2.75) is 39.5 Å². The summed E-state index contributed by atoms with van der Waals surface area (Å²) in [5, 5.41) is 0. The highest BCUT2D eigenvalue weighted by atomic mass is 14.0. The van der Waals surface area contributed by atoms with E-state index in [1.165, 1.54) is 31.2 Å². The lowest BCUT2D eigenvalue weighted by molar-refractivity contribution is 0.770. The zero-order valence-corrected chi connectivity index (χ0v) is 9.29. The Morgan fingerprint density at radius 1 is 1.14 bits per heavy atom. The van der Waals surface area contributed by atoms with Crippen LogP contribution in [0.25, 0.3) is 6.08 Å². The monoisotopic (exact) mass is 188 g/mol. The molecule has 0 radical (unpaired) electrons.